The molecule has 1 aromatic carbocycles. The SMILES string of the molecule is CC(C)c1cccc(C(=O)OOOC(C)(C)C)c1C(C)(C)OOC(C)(C)C. The largest absolute Gasteiger partial charge is 0.376 e. The summed E-state index contributed by atoms with van der Waals surface area (Å²) in [4.78, 5) is 33.8. The molecule has 0 heterocycles. The van der Waals surface area contributed by atoms with Gasteiger partial charge in [-0.2, -0.15) is 4.89 Å². The standard InChI is InChI=1S/C21H34O6/c1-14(2)15-12-11-13-16(18(22)23-27-25-20(6,7)8)17(15)21(9,10)26-24-19(3,4)5/h11-14H,1-10H3. The Kier molecular flexibility index (Phi) is 7.59. The smallest absolute Gasteiger partial charge is 0.263 e. The van der Waals surface area contributed by atoms with E-state index in [2.05, 4.69) is 5.04 Å². The summed E-state index contributed by atoms with van der Waals surface area (Å²) in [6.07, 6.45) is 0. The van der Waals surface area contributed by atoms with E-state index in [1.54, 1.807) is 32.9 Å². The van der Waals surface area contributed by atoms with E-state index in [-0.39, 0.29) is 5.92 Å². The normalized spacial score (nSPS) is 13.1. The van der Waals surface area contributed by atoms with Gasteiger partial charge in [0, 0.05) is 5.56 Å². The fraction of sp³-hybridized carbons (Fsp3) is 0.667. The second-order valence-corrected chi connectivity index (χ2v) is 9.35. The molecule has 0 bridgehead atoms. The molecule has 0 saturated heterocycles. The molecule has 0 spiro atoms. The minimum Gasteiger partial charge on any atom is -0.263 e. The molecule has 27 heavy (non-hydrogen) atoms. The molecule has 0 radical (unpaired) electrons. The van der Waals surface area contributed by atoms with Gasteiger partial charge in [0.15, 0.2) is 0 Å². The van der Waals surface area contributed by atoms with Gasteiger partial charge in [-0.15, -0.1) is 0 Å². The predicted octanol–water partition coefficient (Wildman–Crippen LogP) is 5.61. The lowest BCUT2D eigenvalue weighted by Crippen LogP contribution is -2.32. The highest BCUT2D eigenvalue weighted by molar-refractivity contribution is 5.91. The monoisotopic (exact) mass is 382 g/mol. The van der Waals surface area contributed by atoms with Crippen molar-refractivity contribution in [3.63, 3.8) is 0 Å². The van der Waals surface area contributed by atoms with Crippen LogP contribution >= 0.6 is 0 Å². The second-order valence-electron chi connectivity index (χ2n) is 9.35. The fourth-order valence-electron chi connectivity index (χ4n) is 2.36. The van der Waals surface area contributed by atoms with Crippen LogP contribution in [0.3, 0.4) is 0 Å². The number of carbonyl (C=O) groups is 1. The van der Waals surface area contributed by atoms with Crippen LogP contribution in [0.5, 0.6) is 0 Å². The molecule has 1 rings (SSSR count). The van der Waals surface area contributed by atoms with Gasteiger partial charge in [0.1, 0.15) is 5.60 Å². The van der Waals surface area contributed by atoms with Gasteiger partial charge < -0.3 is 0 Å². The maximum absolute atomic E-state index is 12.7. The Balaban J connectivity index is 3.21. The molecule has 6 nitrogen and oxygen atoms in total. The van der Waals surface area contributed by atoms with Gasteiger partial charge in [-0.05, 0) is 78.0 Å². The summed E-state index contributed by atoms with van der Waals surface area (Å²) in [6.45, 7) is 18.8. The molecule has 0 atom stereocenters. The average Bonchev–Trinajstić information content (AvgIpc) is 2.50. The minimum absolute atomic E-state index is 0.164. The number of rotatable bonds is 7. The Labute approximate surface area is 162 Å². The van der Waals surface area contributed by atoms with Crippen LogP contribution in [0.25, 0.3) is 0 Å². The molecular weight excluding hydrogens is 348 g/mol. The lowest BCUT2D eigenvalue weighted by molar-refractivity contribution is -0.510. The van der Waals surface area contributed by atoms with Crippen molar-refractivity contribution in [3.05, 3.63) is 34.9 Å². The Morgan fingerprint density at radius 3 is 1.89 bits per heavy atom. The summed E-state index contributed by atoms with van der Waals surface area (Å²) in [5.74, 6) is -0.499. The number of carbonyl (C=O) groups excluding carboxylic acids is 1. The molecule has 1 aromatic rings. The summed E-state index contributed by atoms with van der Waals surface area (Å²) >= 11 is 0. The van der Waals surface area contributed by atoms with E-state index in [0.717, 1.165) is 5.56 Å². The van der Waals surface area contributed by atoms with Crippen LogP contribution in [0.15, 0.2) is 18.2 Å². The van der Waals surface area contributed by atoms with Crippen LogP contribution in [0.2, 0.25) is 0 Å². The molecule has 0 amide bonds. The lowest BCUT2D eigenvalue weighted by Gasteiger charge is -2.32. The molecule has 0 aliphatic rings. The van der Waals surface area contributed by atoms with Crippen molar-refractivity contribution in [2.45, 2.75) is 92.0 Å². The van der Waals surface area contributed by atoms with Crippen molar-refractivity contribution in [3.8, 4) is 0 Å². The third-order valence-electron chi connectivity index (χ3n) is 3.43. The molecule has 0 fully saturated rings. The molecule has 0 saturated carbocycles. The maximum atomic E-state index is 12.7. The van der Waals surface area contributed by atoms with E-state index in [1.165, 1.54) is 0 Å². The highest BCUT2D eigenvalue weighted by atomic mass is 17.5. The summed E-state index contributed by atoms with van der Waals surface area (Å²) in [5.41, 5.74) is -0.00774. The van der Waals surface area contributed by atoms with Crippen molar-refractivity contribution >= 4 is 5.97 Å². The van der Waals surface area contributed by atoms with Crippen molar-refractivity contribution in [1.82, 2.24) is 0 Å². The number of hydrogen-bond donors (Lipinski definition) is 0. The number of benzene rings is 1. The number of hydrogen-bond acceptors (Lipinski definition) is 6. The quantitative estimate of drug-likeness (QED) is 0.451. The van der Waals surface area contributed by atoms with Crippen LogP contribution in [0.4, 0.5) is 0 Å². The van der Waals surface area contributed by atoms with Crippen molar-refractivity contribution < 1.29 is 29.4 Å². The molecule has 0 aliphatic heterocycles. The van der Waals surface area contributed by atoms with Gasteiger partial charge in [-0.3, -0.25) is 4.89 Å². The van der Waals surface area contributed by atoms with Gasteiger partial charge >= 0.3 is 5.97 Å². The van der Waals surface area contributed by atoms with Crippen molar-refractivity contribution in [2.75, 3.05) is 0 Å². The first-order chi connectivity index (χ1) is 12.1. The topological polar surface area (TPSA) is 63.2 Å². The van der Waals surface area contributed by atoms with Crippen LogP contribution < -0.4 is 0 Å². The lowest BCUT2D eigenvalue weighted by atomic mass is 9.84. The second kappa shape index (κ2) is 8.69. The van der Waals surface area contributed by atoms with Crippen molar-refractivity contribution in [1.29, 1.82) is 0 Å². The maximum Gasteiger partial charge on any atom is 0.376 e. The van der Waals surface area contributed by atoms with Gasteiger partial charge in [-0.1, -0.05) is 26.0 Å². The zero-order chi connectivity index (χ0) is 21.0. The Morgan fingerprint density at radius 1 is 0.852 bits per heavy atom. The zero-order valence-corrected chi connectivity index (χ0v) is 18.3. The van der Waals surface area contributed by atoms with E-state index in [4.69, 9.17) is 19.6 Å². The van der Waals surface area contributed by atoms with Gasteiger partial charge in [0.05, 0.1) is 16.8 Å². The van der Waals surface area contributed by atoms with Crippen molar-refractivity contribution in [2.24, 2.45) is 0 Å². The molecule has 0 unspecified atom stereocenters. The van der Waals surface area contributed by atoms with E-state index in [1.807, 2.05) is 54.5 Å². The van der Waals surface area contributed by atoms with E-state index in [0.29, 0.717) is 11.1 Å². The average molecular weight is 382 g/mol. The van der Waals surface area contributed by atoms with E-state index >= 15 is 0 Å². The van der Waals surface area contributed by atoms with Gasteiger partial charge in [0.25, 0.3) is 0 Å². The summed E-state index contributed by atoms with van der Waals surface area (Å²) in [5, 5.41) is 4.67. The highest BCUT2D eigenvalue weighted by Crippen LogP contribution is 2.36. The van der Waals surface area contributed by atoms with Gasteiger partial charge in [0.2, 0.25) is 0 Å². The predicted molar refractivity (Wildman–Crippen MR) is 103 cm³/mol. The Bertz CT molecular complexity index is 635. The Morgan fingerprint density at radius 2 is 1.41 bits per heavy atom. The van der Waals surface area contributed by atoms with Crippen LogP contribution in [-0.2, 0) is 30.2 Å². The third kappa shape index (κ3) is 7.58. The summed E-state index contributed by atoms with van der Waals surface area (Å²) in [6, 6.07) is 5.44. The molecule has 0 N–H and O–H groups in total. The molecule has 154 valence electrons. The first kappa shape index (κ1) is 23.6. The first-order valence-corrected chi connectivity index (χ1v) is 9.21. The third-order valence-corrected chi connectivity index (χ3v) is 3.43. The summed E-state index contributed by atoms with van der Waals surface area (Å²) in [7, 11) is 0. The van der Waals surface area contributed by atoms with Crippen LogP contribution in [0.1, 0.15) is 96.6 Å². The van der Waals surface area contributed by atoms with Crippen LogP contribution in [0, 0.1) is 0 Å². The summed E-state index contributed by atoms with van der Waals surface area (Å²) < 4.78 is 0. The molecular formula is C21H34O6. The van der Waals surface area contributed by atoms with Crippen LogP contribution in [-0.4, -0.2) is 17.2 Å². The zero-order valence-electron chi connectivity index (χ0n) is 18.3. The first-order valence-electron chi connectivity index (χ1n) is 9.21. The highest BCUT2D eigenvalue weighted by Gasteiger charge is 2.34. The fourth-order valence-corrected chi connectivity index (χ4v) is 2.36. The molecule has 0 aliphatic carbocycles. The molecule has 0 aromatic heterocycles. The van der Waals surface area contributed by atoms with E-state index < -0.39 is 22.8 Å². The van der Waals surface area contributed by atoms with E-state index in [9.17, 15) is 4.79 Å². The van der Waals surface area contributed by atoms with Gasteiger partial charge in [-0.25, -0.2) is 14.6 Å². The molecule has 6 heteroatoms. The Hall–Kier alpha value is -1.47. The minimum atomic E-state index is -0.895.